The molecule has 0 aliphatic heterocycles. The van der Waals surface area contributed by atoms with E-state index in [1.807, 2.05) is 0 Å². The molecule has 0 radical (unpaired) electrons. The van der Waals surface area contributed by atoms with Gasteiger partial charge >= 0.3 is 5.97 Å². The number of imidazole rings is 1. The highest BCUT2D eigenvalue weighted by Crippen LogP contribution is 2.14. The van der Waals surface area contributed by atoms with Crippen molar-refractivity contribution in [2.45, 2.75) is 56.3 Å². The Morgan fingerprint density at radius 1 is 0.750 bits per heavy atom. The molecule has 0 spiro atoms. The molecule has 4 unspecified atom stereocenters. The molecule has 4 amide bonds. The zero-order chi connectivity index (χ0) is 32.2. The third-order valence-electron chi connectivity index (χ3n) is 6.64. The minimum absolute atomic E-state index is 0.0103. The number of nitrogens with two attached hydrogens (primary N) is 2. The van der Waals surface area contributed by atoms with Crippen LogP contribution in [-0.2, 0) is 43.2 Å². The number of amides is 4. The average Bonchev–Trinajstić information content (AvgIpc) is 3.49. The number of carbonyl (C=O) groups excluding carboxylic acids is 4. The number of phenolic OH excluding ortho intramolecular Hbond substituents is 2. The van der Waals surface area contributed by atoms with Crippen LogP contribution < -0.4 is 27.4 Å². The zero-order valence-electron chi connectivity index (χ0n) is 23.6. The van der Waals surface area contributed by atoms with E-state index in [2.05, 4.69) is 25.9 Å². The van der Waals surface area contributed by atoms with E-state index < -0.39 is 53.8 Å². The Balaban J connectivity index is 1.78. The number of carbonyl (C=O) groups is 5. The van der Waals surface area contributed by atoms with Gasteiger partial charge in [0, 0.05) is 37.6 Å². The fourth-order valence-corrected chi connectivity index (χ4v) is 4.25. The Labute approximate surface area is 252 Å². The third kappa shape index (κ3) is 10.4. The Kier molecular flexibility index (Phi) is 11.8. The monoisotopic (exact) mass is 609 g/mol. The molecule has 0 saturated carbocycles. The predicted molar refractivity (Wildman–Crippen MR) is 156 cm³/mol. The van der Waals surface area contributed by atoms with Crippen molar-refractivity contribution in [1.82, 2.24) is 25.9 Å². The average molecular weight is 610 g/mol. The van der Waals surface area contributed by atoms with Gasteiger partial charge in [-0.15, -0.1) is 0 Å². The first kappa shape index (κ1) is 33.1. The van der Waals surface area contributed by atoms with Gasteiger partial charge in [0.2, 0.25) is 23.6 Å². The largest absolute Gasteiger partial charge is 0.508 e. The SMILES string of the molecule is NC(=O)CCC(NC(=O)C(Cc1ccc(O)cc1)NC(=O)C(N)Cc1cnc[nH]1)C(=O)NC(Cc1ccc(O)cc1)C(=O)O. The lowest BCUT2D eigenvalue weighted by Crippen LogP contribution is -2.58. The minimum Gasteiger partial charge on any atom is -0.508 e. The van der Waals surface area contributed by atoms with Crippen LogP contribution in [0.4, 0.5) is 0 Å². The summed E-state index contributed by atoms with van der Waals surface area (Å²) in [5, 5.41) is 36.3. The molecule has 1 heterocycles. The van der Waals surface area contributed by atoms with E-state index in [-0.39, 0.29) is 43.6 Å². The molecule has 4 atom stereocenters. The number of aromatic hydroxyl groups is 2. The number of H-pyrrole nitrogens is 1. The molecule has 234 valence electrons. The van der Waals surface area contributed by atoms with Gasteiger partial charge in [-0.25, -0.2) is 9.78 Å². The molecule has 11 N–H and O–H groups in total. The van der Waals surface area contributed by atoms with Crippen molar-refractivity contribution in [3.63, 3.8) is 0 Å². The summed E-state index contributed by atoms with van der Waals surface area (Å²) in [5.74, 6) is -4.51. The number of carboxylic acids is 1. The zero-order valence-corrected chi connectivity index (χ0v) is 23.6. The highest BCUT2D eigenvalue weighted by Gasteiger charge is 2.31. The standard InChI is InChI=1S/C29H35N7O8/c30-21(13-18-14-32-15-33-18)26(40)35-23(11-16-1-5-19(37)6-2-16)28(42)34-22(9-10-25(31)39)27(41)36-24(29(43)44)12-17-3-7-20(38)8-4-17/h1-8,14-15,21-24,37-38H,9-13,30H2,(H2,31,39)(H,32,33)(H,34,42)(H,35,40)(H,36,41)(H,43,44). The minimum atomic E-state index is -1.41. The van der Waals surface area contributed by atoms with Crippen LogP contribution in [0.2, 0.25) is 0 Å². The third-order valence-corrected chi connectivity index (χ3v) is 6.64. The molecular weight excluding hydrogens is 574 g/mol. The van der Waals surface area contributed by atoms with E-state index in [4.69, 9.17) is 11.5 Å². The number of hydrogen-bond acceptors (Lipinski definition) is 9. The lowest BCUT2D eigenvalue weighted by atomic mass is 10.0. The van der Waals surface area contributed by atoms with Crippen LogP contribution in [0.5, 0.6) is 11.5 Å². The van der Waals surface area contributed by atoms with Gasteiger partial charge in [-0.1, -0.05) is 24.3 Å². The van der Waals surface area contributed by atoms with E-state index in [1.165, 1.54) is 48.9 Å². The van der Waals surface area contributed by atoms with E-state index >= 15 is 0 Å². The van der Waals surface area contributed by atoms with Gasteiger partial charge in [-0.2, -0.15) is 0 Å². The molecule has 0 aliphatic rings. The van der Waals surface area contributed by atoms with E-state index in [9.17, 15) is 39.3 Å². The van der Waals surface area contributed by atoms with E-state index in [0.717, 1.165) is 0 Å². The molecule has 0 aliphatic carbocycles. The van der Waals surface area contributed by atoms with Gasteiger partial charge < -0.3 is 47.7 Å². The summed E-state index contributed by atoms with van der Waals surface area (Å²) in [6.07, 6.45) is 2.28. The molecule has 0 fully saturated rings. The van der Waals surface area contributed by atoms with Crippen molar-refractivity contribution in [2.75, 3.05) is 0 Å². The molecule has 3 rings (SSSR count). The van der Waals surface area contributed by atoms with Crippen molar-refractivity contribution in [3.05, 3.63) is 77.9 Å². The van der Waals surface area contributed by atoms with Crippen molar-refractivity contribution >= 4 is 29.6 Å². The second-order valence-electron chi connectivity index (χ2n) is 10.2. The van der Waals surface area contributed by atoms with Crippen LogP contribution in [0, 0.1) is 0 Å². The first-order valence-electron chi connectivity index (χ1n) is 13.6. The highest BCUT2D eigenvalue weighted by atomic mass is 16.4. The second kappa shape index (κ2) is 15.7. The number of aromatic nitrogens is 2. The van der Waals surface area contributed by atoms with Crippen molar-refractivity contribution in [3.8, 4) is 11.5 Å². The van der Waals surface area contributed by atoms with Gasteiger partial charge in [0.15, 0.2) is 0 Å². The van der Waals surface area contributed by atoms with Crippen molar-refractivity contribution in [1.29, 1.82) is 0 Å². The fraction of sp³-hybridized carbons (Fsp3) is 0.310. The molecule has 1 aromatic heterocycles. The molecule has 15 nitrogen and oxygen atoms in total. The number of benzene rings is 2. The quantitative estimate of drug-likeness (QED) is 0.0954. The molecule has 0 bridgehead atoms. The summed E-state index contributed by atoms with van der Waals surface area (Å²) in [5.41, 5.74) is 13.0. The summed E-state index contributed by atoms with van der Waals surface area (Å²) in [7, 11) is 0. The van der Waals surface area contributed by atoms with Crippen LogP contribution in [0.1, 0.15) is 29.7 Å². The first-order valence-corrected chi connectivity index (χ1v) is 13.6. The molecule has 44 heavy (non-hydrogen) atoms. The van der Waals surface area contributed by atoms with Crippen molar-refractivity contribution in [2.24, 2.45) is 11.5 Å². The lowest BCUT2D eigenvalue weighted by molar-refractivity contribution is -0.142. The van der Waals surface area contributed by atoms with Gasteiger partial charge in [0.05, 0.1) is 12.4 Å². The number of aliphatic carboxylic acids is 1. The summed E-state index contributed by atoms with van der Waals surface area (Å²) < 4.78 is 0. The predicted octanol–water partition coefficient (Wildman–Crippen LogP) is -1.02. The van der Waals surface area contributed by atoms with Crippen LogP contribution in [0.15, 0.2) is 61.1 Å². The summed E-state index contributed by atoms with van der Waals surface area (Å²) in [6.45, 7) is 0. The maximum absolute atomic E-state index is 13.5. The Bertz CT molecular complexity index is 1430. The normalized spacial score (nSPS) is 13.6. The molecule has 3 aromatic rings. The Morgan fingerprint density at radius 2 is 1.25 bits per heavy atom. The van der Waals surface area contributed by atoms with E-state index in [0.29, 0.717) is 16.8 Å². The number of nitrogens with zero attached hydrogens (tertiary/aromatic N) is 1. The van der Waals surface area contributed by atoms with Gasteiger partial charge in [-0.3, -0.25) is 19.2 Å². The number of primary amides is 1. The van der Waals surface area contributed by atoms with Crippen LogP contribution in [0.3, 0.4) is 0 Å². The van der Waals surface area contributed by atoms with Crippen LogP contribution in [0.25, 0.3) is 0 Å². The number of carboxylic acid groups (broad SMARTS) is 1. The molecule has 2 aromatic carbocycles. The lowest BCUT2D eigenvalue weighted by Gasteiger charge is -2.25. The number of nitrogens with one attached hydrogen (secondary N) is 4. The van der Waals surface area contributed by atoms with Crippen molar-refractivity contribution < 1.29 is 39.3 Å². The van der Waals surface area contributed by atoms with E-state index in [1.54, 1.807) is 12.1 Å². The smallest absolute Gasteiger partial charge is 0.326 e. The summed E-state index contributed by atoms with van der Waals surface area (Å²) in [6, 6.07) is 6.52. The van der Waals surface area contributed by atoms with Crippen LogP contribution >= 0.6 is 0 Å². The maximum atomic E-state index is 13.5. The molecule has 15 heteroatoms. The Morgan fingerprint density at radius 3 is 1.75 bits per heavy atom. The highest BCUT2D eigenvalue weighted by molar-refractivity contribution is 5.94. The van der Waals surface area contributed by atoms with Gasteiger partial charge in [-0.05, 0) is 41.8 Å². The van der Waals surface area contributed by atoms with Gasteiger partial charge in [0.25, 0.3) is 0 Å². The second-order valence-corrected chi connectivity index (χ2v) is 10.2. The number of rotatable bonds is 16. The first-order chi connectivity index (χ1) is 20.9. The van der Waals surface area contributed by atoms with Gasteiger partial charge in [0.1, 0.15) is 29.6 Å². The van der Waals surface area contributed by atoms with Crippen LogP contribution in [-0.4, -0.2) is 79.1 Å². The summed E-state index contributed by atoms with van der Waals surface area (Å²) in [4.78, 5) is 69.9. The topological polar surface area (TPSA) is 263 Å². The molecule has 0 saturated heterocycles. The fourth-order valence-electron chi connectivity index (χ4n) is 4.25. The number of phenols is 2. The summed E-state index contributed by atoms with van der Waals surface area (Å²) >= 11 is 0. The number of aromatic amines is 1. The number of hydrogen-bond donors (Lipinski definition) is 9. The Hall–Kier alpha value is -5.44. The molecular formula is C29H35N7O8. The maximum Gasteiger partial charge on any atom is 0.326 e.